The van der Waals surface area contributed by atoms with E-state index >= 15 is 4.39 Å². The molecule has 0 aliphatic carbocycles. The van der Waals surface area contributed by atoms with Gasteiger partial charge >= 0.3 is 6.01 Å². The van der Waals surface area contributed by atoms with Gasteiger partial charge in [0.25, 0.3) is 5.92 Å². The van der Waals surface area contributed by atoms with Gasteiger partial charge in [0.15, 0.2) is 5.82 Å². The number of likely N-dealkylation sites (tertiary alicyclic amines) is 1. The highest BCUT2D eigenvalue weighted by Crippen LogP contribution is 2.43. The number of nitrogens with one attached hydrogen (secondary N) is 1. The highest BCUT2D eigenvalue weighted by molar-refractivity contribution is 6.35. The predicted molar refractivity (Wildman–Crippen MR) is 165 cm³/mol. The Morgan fingerprint density at radius 1 is 1.20 bits per heavy atom. The number of anilines is 1. The summed E-state index contributed by atoms with van der Waals surface area (Å²) in [6.45, 7) is 10.8. The van der Waals surface area contributed by atoms with E-state index in [1.165, 1.54) is 6.08 Å². The Bertz CT molecular complexity index is 1720. The summed E-state index contributed by atoms with van der Waals surface area (Å²) in [5.74, 6) is -2.90. The fraction of sp³-hybridized carbons (Fsp3) is 0.452. The summed E-state index contributed by atoms with van der Waals surface area (Å²) < 4.78 is 50.1. The second-order valence-corrected chi connectivity index (χ2v) is 12.2. The summed E-state index contributed by atoms with van der Waals surface area (Å²) in [5, 5.41) is 18.9. The second kappa shape index (κ2) is 11.8. The van der Waals surface area contributed by atoms with Gasteiger partial charge in [-0.2, -0.15) is 15.1 Å². The van der Waals surface area contributed by atoms with Crippen LogP contribution in [-0.4, -0.2) is 98.6 Å². The number of nitrogens with zero attached hydrogens (tertiary/aromatic N) is 6. The van der Waals surface area contributed by atoms with Gasteiger partial charge in [-0.05, 0) is 44.5 Å². The molecule has 2 aliphatic rings. The van der Waals surface area contributed by atoms with Crippen molar-refractivity contribution >= 4 is 39.2 Å². The molecule has 2 aliphatic heterocycles. The summed E-state index contributed by atoms with van der Waals surface area (Å²) in [4.78, 5) is 14.8. The van der Waals surface area contributed by atoms with E-state index in [0.29, 0.717) is 29.9 Å². The maximum atomic E-state index is 16.8. The Hall–Kier alpha value is -3.45. The normalized spacial score (nSPS) is 21.8. The van der Waals surface area contributed by atoms with E-state index in [4.69, 9.17) is 21.3 Å². The van der Waals surface area contributed by atoms with E-state index in [-0.39, 0.29) is 66.9 Å². The lowest BCUT2D eigenvalue weighted by molar-refractivity contribution is 0.00000504. The standard InChI is InChI=1S/C31H35ClF3N7O2/c1-5-24(43)41-14-19(4)42(15-18(41)3)29-20-12-22(32)26(25-17(2)6-7-23-21(25)13-36-39-23)27(33)28(20)37-30(38-29)44-11-10-40-9-8-31(34,35)16-40/h5-7,12-13,18-19,24,43H,1,8-11,14-16H2,2-4H3,(H,36,39)/t18-,19+,24?/m1/s1. The number of H-pyrrole nitrogens is 1. The number of halogens is 4. The number of alkyl halides is 2. The summed E-state index contributed by atoms with van der Waals surface area (Å²) in [6.07, 6.45) is 2.13. The third-order valence-corrected chi connectivity index (χ3v) is 8.97. The lowest BCUT2D eigenvalue weighted by Crippen LogP contribution is -2.59. The van der Waals surface area contributed by atoms with Crippen LogP contribution in [0.1, 0.15) is 25.8 Å². The maximum absolute atomic E-state index is 16.8. The Morgan fingerprint density at radius 3 is 2.73 bits per heavy atom. The first kappa shape index (κ1) is 30.6. The van der Waals surface area contributed by atoms with Crippen molar-refractivity contribution in [1.82, 2.24) is 30.0 Å². The number of aliphatic hydroxyl groups excluding tert-OH is 1. The number of ether oxygens (including phenoxy) is 1. The maximum Gasteiger partial charge on any atom is 0.319 e. The molecule has 9 nitrogen and oxygen atoms in total. The van der Waals surface area contributed by atoms with Gasteiger partial charge in [-0.1, -0.05) is 24.2 Å². The minimum atomic E-state index is -2.71. The number of fused-ring (bicyclic) bond motifs is 2. The van der Waals surface area contributed by atoms with Crippen LogP contribution in [0.5, 0.6) is 6.01 Å². The molecule has 2 aromatic heterocycles. The Morgan fingerprint density at radius 2 is 2.00 bits per heavy atom. The number of hydrogen-bond acceptors (Lipinski definition) is 8. The molecule has 234 valence electrons. The SMILES string of the molecule is C=CC(O)N1C[C@H](C)N(c2nc(OCCN3CCC(F)(F)C3)nc3c(F)c(-c4c(C)ccc5[nH]ncc45)c(Cl)cc23)C[C@H]1C. The fourth-order valence-corrected chi connectivity index (χ4v) is 6.63. The third kappa shape index (κ3) is 5.60. The van der Waals surface area contributed by atoms with Crippen LogP contribution in [0, 0.1) is 12.7 Å². The molecule has 4 heterocycles. The van der Waals surface area contributed by atoms with Crippen LogP contribution >= 0.6 is 11.6 Å². The van der Waals surface area contributed by atoms with Crippen molar-refractivity contribution < 1.29 is 23.0 Å². The highest BCUT2D eigenvalue weighted by Gasteiger charge is 2.38. The Kier molecular flexibility index (Phi) is 8.20. The number of aryl methyl sites for hydroxylation is 1. The van der Waals surface area contributed by atoms with E-state index in [2.05, 4.69) is 21.8 Å². The smallest absolute Gasteiger partial charge is 0.319 e. The van der Waals surface area contributed by atoms with Gasteiger partial charge in [0.05, 0.1) is 23.3 Å². The molecule has 0 radical (unpaired) electrons. The summed E-state index contributed by atoms with van der Waals surface area (Å²) >= 11 is 6.87. The zero-order valence-corrected chi connectivity index (χ0v) is 25.6. The molecule has 0 amide bonds. The molecule has 2 aromatic carbocycles. The van der Waals surface area contributed by atoms with E-state index in [0.717, 1.165) is 16.5 Å². The van der Waals surface area contributed by atoms with Crippen LogP contribution in [0.3, 0.4) is 0 Å². The van der Waals surface area contributed by atoms with Crippen molar-refractivity contribution in [3.05, 3.63) is 53.5 Å². The van der Waals surface area contributed by atoms with Crippen molar-refractivity contribution in [2.45, 2.75) is 51.4 Å². The van der Waals surface area contributed by atoms with Gasteiger partial charge in [-0.15, -0.1) is 0 Å². The number of hydrogen-bond donors (Lipinski definition) is 2. The number of aromatic amines is 1. The third-order valence-electron chi connectivity index (χ3n) is 8.67. The Labute approximate surface area is 258 Å². The molecule has 0 bridgehead atoms. The molecular formula is C31H35ClF3N7O2. The molecule has 0 saturated carbocycles. The summed E-state index contributed by atoms with van der Waals surface area (Å²) in [7, 11) is 0. The van der Waals surface area contributed by atoms with Gasteiger partial charge in [0.1, 0.15) is 24.2 Å². The number of aliphatic hydroxyl groups is 1. The van der Waals surface area contributed by atoms with Crippen molar-refractivity contribution in [2.24, 2.45) is 0 Å². The molecule has 1 unspecified atom stereocenters. The highest BCUT2D eigenvalue weighted by atomic mass is 35.5. The first-order valence-electron chi connectivity index (χ1n) is 14.7. The molecule has 13 heteroatoms. The number of piperazine rings is 1. The van der Waals surface area contributed by atoms with Crippen molar-refractivity contribution in [3.8, 4) is 17.1 Å². The zero-order valence-electron chi connectivity index (χ0n) is 24.8. The fourth-order valence-electron chi connectivity index (χ4n) is 6.35. The quantitative estimate of drug-likeness (QED) is 0.251. The lowest BCUT2D eigenvalue weighted by atomic mass is 9.95. The first-order chi connectivity index (χ1) is 21.0. The van der Waals surface area contributed by atoms with Gasteiger partial charge in [0, 0.05) is 66.6 Å². The first-order valence-corrected chi connectivity index (χ1v) is 15.0. The molecule has 2 fully saturated rings. The zero-order chi connectivity index (χ0) is 31.3. The van der Waals surface area contributed by atoms with Crippen molar-refractivity contribution in [2.75, 3.05) is 44.2 Å². The average molecular weight is 630 g/mol. The van der Waals surface area contributed by atoms with Crippen LogP contribution < -0.4 is 9.64 Å². The number of benzene rings is 2. The van der Waals surface area contributed by atoms with Crippen LogP contribution in [0.4, 0.5) is 19.0 Å². The topological polar surface area (TPSA) is 93.6 Å². The molecular weight excluding hydrogens is 595 g/mol. The van der Waals surface area contributed by atoms with Crippen LogP contribution in [0.2, 0.25) is 5.02 Å². The van der Waals surface area contributed by atoms with E-state index < -0.39 is 18.0 Å². The van der Waals surface area contributed by atoms with Gasteiger partial charge < -0.3 is 14.7 Å². The van der Waals surface area contributed by atoms with Gasteiger partial charge in [-0.25, -0.2) is 13.2 Å². The van der Waals surface area contributed by atoms with E-state index in [9.17, 15) is 13.9 Å². The predicted octanol–water partition coefficient (Wildman–Crippen LogP) is 5.40. The summed E-state index contributed by atoms with van der Waals surface area (Å²) in [5.41, 5.74) is 2.38. The second-order valence-electron chi connectivity index (χ2n) is 11.8. The monoisotopic (exact) mass is 629 g/mol. The van der Waals surface area contributed by atoms with Crippen molar-refractivity contribution in [1.29, 1.82) is 0 Å². The molecule has 3 atom stereocenters. The van der Waals surface area contributed by atoms with Crippen LogP contribution in [-0.2, 0) is 0 Å². The molecule has 44 heavy (non-hydrogen) atoms. The largest absolute Gasteiger partial charge is 0.462 e. The Balaban J connectivity index is 1.44. The van der Waals surface area contributed by atoms with Crippen LogP contribution in [0.25, 0.3) is 32.9 Å². The molecule has 0 spiro atoms. The average Bonchev–Trinajstić information content (AvgIpc) is 3.60. The van der Waals surface area contributed by atoms with Gasteiger partial charge in [0.2, 0.25) is 0 Å². The van der Waals surface area contributed by atoms with E-state index in [1.807, 2.05) is 42.7 Å². The lowest BCUT2D eigenvalue weighted by Gasteiger charge is -2.46. The number of rotatable bonds is 8. The van der Waals surface area contributed by atoms with E-state index in [1.54, 1.807) is 17.2 Å². The molecule has 4 aromatic rings. The minimum absolute atomic E-state index is 0.0328. The van der Waals surface area contributed by atoms with Crippen molar-refractivity contribution in [3.63, 3.8) is 0 Å². The van der Waals surface area contributed by atoms with Crippen LogP contribution in [0.15, 0.2) is 37.1 Å². The number of aromatic nitrogens is 4. The molecule has 6 rings (SSSR count). The molecule has 2 saturated heterocycles. The summed E-state index contributed by atoms with van der Waals surface area (Å²) in [6, 6.07) is 5.15. The minimum Gasteiger partial charge on any atom is -0.462 e. The molecule has 2 N–H and O–H groups in total. The van der Waals surface area contributed by atoms with Gasteiger partial charge in [-0.3, -0.25) is 14.9 Å².